The summed E-state index contributed by atoms with van der Waals surface area (Å²) >= 11 is 1.31. The number of carboxylic acid groups (broad SMARTS) is 1. The zero-order valence-corrected chi connectivity index (χ0v) is 11.6. The average molecular weight is 279 g/mol. The van der Waals surface area contributed by atoms with Crippen molar-refractivity contribution in [3.05, 3.63) is 28.0 Å². The molecule has 0 radical (unpaired) electrons. The van der Waals surface area contributed by atoms with Gasteiger partial charge in [-0.25, -0.2) is 4.79 Å². The van der Waals surface area contributed by atoms with Crippen LogP contribution in [0, 0.1) is 5.92 Å². The molecule has 0 bridgehead atoms. The number of hydrogen-bond donors (Lipinski definition) is 2. The van der Waals surface area contributed by atoms with Crippen molar-refractivity contribution in [3.8, 4) is 0 Å². The Kier molecular flexibility index (Phi) is 4.37. The van der Waals surface area contributed by atoms with E-state index in [1.165, 1.54) is 23.8 Å². The molecule has 0 spiro atoms. The van der Waals surface area contributed by atoms with Gasteiger partial charge >= 0.3 is 5.97 Å². The number of carbonyl (C=O) groups excluding carboxylic acids is 1. The molecule has 1 aliphatic rings. The normalized spacial score (nSPS) is 21.5. The summed E-state index contributed by atoms with van der Waals surface area (Å²) in [7, 11) is 0. The van der Waals surface area contributed by atoms with Gasteiger partial charge in [0.15, 0.2) is 0 Å². The minimum atomic E-state index is -0.986. The van der Waals surface area contributed by atoms with Crippen molar-refractivity contribution in [2.24, 2.45) is 5.92 Å². The average Bonchev–Trinajstić information content (AvgIpc) is 2.92. The second-order valence-electron chi connectivity index (χ2n) is 4.74. The summed E-state index contributed by atoms with van der Waals surface area (Å²) in [4.78, 5) is 23.8. The Bertz CT molecular complexity index is 507. The van der Waals surface area contributed by atoms with Crippen LogP contribution in [0.2, 0.25) is 0 Å². The third kappa shape index (κ3) is 3.92. The molecule has 2 unspecified atom stereocenters. The zero-order valence-electron chi connectivity index (χ0n) is 10.8. The Hall–Kier alpha value is -1.62. The van der Waals surface area contributed by atoms with Crippen LogP contribution in [0.4, 0.5) is 0 Å². The van der Waals surface area contributed by atoms with Crippen molar-refractivity contribution in [1.29, 1.82) is 0 Å². The predicted molar refractivity (Wildman–Crippen MR) is 75.3 cm³/mol. The molecule has 1 aromatic heterocycles. The van der Waals surface area contributed by atoms with Gasteiger partial charge in [-0.15, -0.1) is 11.3 Å². The van der Waals surface area contributed by atoms with Crippen LogP contribution < -0.4 is 5.32 Å². The minimum absolute atomic E-state index is 0.0522. The molecular weight excluding hydrogens is 262 g/mol. The lowest BCUT2D eigenvalue weighted by molar-refractivity contribution is -0.131. The molecule has 1 aliphatic carbocycles. The molecule has 0 aromatic carbocycles. The highest BCUT2D eigenvalue weighted by Gasteiger charge is 2.37. The standard InChI is InChI=1S/C14H17NO3S/c1-2-3-9-8-11(9)15-14(18)12-6-4-10(19-12)5-7-13(16)17/h4-7,9,11H,2-3,8H2,1H3,(H,15,18)(H,16,17)/b7-5+. The summed E-state index contributed by atoms with van der Waals surface area (Å²) < 4.78 is 0. The summed E-state index contributed by atoms with van der Waals surface area (Å²) in [5.74, 6) is -0.399. The number of aliphatic carboxylic acids is 1. The molecule has 4 nitrogen and oxygen atoms in total. The third-order valence-corrected chi connectivity index (χ3v) is 4.19. The highest BCUT2D eigenvalue weighted by Crippen LogP contribution is 2.35. The number of carboxylic acids is 1. The van der Waals surface area contributed by atoms with Gasteiger partial charge in [-0.1, -0.05) is 13.3 Å². The number of rotatable bonds is 6. The largest absolute Gasteiger partial charge is 0.478 e. The van der Waals surface area contributed by atoms with E-state index in [1.807, 2.05) is 0 Å². The first-order valence-electron chi connectivity index (χ1n) is 6.42. The van der Waals surface area contributed by atoms with Crippen molar-refractivity contribution >= 4 is 29.3 Å². The molecule has 1 fully saturated rings. The molecule has 2 rings (SSSR count). The lowest BCUT2D eigenvalue weighted by atomic mass is 10.2. The first kappa shape index (κ1) is 13.8. The Balaban J connectivity index is 1.88. The highest BCUT2D eigenvalue weighted by atomic mass is 32.1. The second-order valence-corrected chi connectivity index (χ2v) is 5.85. The van der Waals surface area contributed by atoms with Crippen LogP contribution in [0.1, 0.15) is 40.7 Å². The van der Waals surface area contributed by atoms with E-state index in [1.54, 1.807) is 12.1 Å². The SMILES string of the molecule is CCCC1CC1NC(=O)c1ccc(/C=C/C(=O)O)s1. The lowest BCUT2D eigenvalue weighted by Gasteiger charge is -2.01. The van der Waals surface area contributed by atoms with E-state index in [2.05, 4.69) is 12.2 Å². The molecular formula is C14H17NO3S. The fourth-order valence-corrected chi connectivity index (χ4v) is 2.89. The first-order chi connectivity index (χ1) is 9.10. The number of thiophene rings is 1. The van der Waals surface area contributed by atoms with Gasteiger partial charge in [0.25, 0.3) is 5.91 Å². The predicted octanol–water partition coefficient (Wildman–Crippen LogP) is 2.76. The van der Waals surface area contributed by atoms with Crippen LogP contribution in [0.5, 0.6) is 0 Å². The Morgan fingerprint density at radius 1 is 1.53 bits per heavy atom. The summed E-state index contributed by atoms with van der Waals surface area (Å²) in [6.07, 6.45) is 5.98. The Morgan fingerprint density at radius 2 is 2.32 bits per heavy atom. The maximum Gasteiger partial charge on any atom is 0.328 e. The molecule has 1 aromatic rings. The summed E-state index contributed by atoms with van der Waals surface area (Å²) in [6, 6.07) is 3.82. The van der Waals surface area contributed by atoms with Crippen molar-refractivity contribution in [2.75, 3.05) is 0 Å². The monoisotopic (exact) mass is 279 g/mol. The van der Waals surface area contributed by atoms with E-state index in [4.69, 9.17) is 5.11 Å². The van der Waals surface area contributed by atoms with Gasteiger partial charge < -0.3 is 10.4 Å². The number of hydrogen-bond acceptors (Lipinski definition) is 3. The smallest absolute Gasteiger partial charge is 0.328 e. The quantitative estimate of drug-likeness (QED) is 0.787. The Labute approximate surface area is 116 Å². The molecule has 0 saturated heterocycles. The van der Waals surface area contributed by atoms with Crippen LogP contribution in [0.3, 0.4) is 0 Å². The summed E-state index contributed by atoms with van der Waals surface area (Å²) in [6.45, 7) is 2.15. The number of amides is 1. The molecule has 19 heavy (non-hydrogen) atoms. The fourth-order valence-electron chi connectivity index (χ4n) is 2.07. The maximum atomic E-state index is 12.0. The Morgan fingerprint density at radius 3 is 3.00 bits per heavy atom. The van der Waals surface area contributed by atoms with Crippen LogP contribution in [-0.4, -0.2) is 23.0 Å². The highest BCUT2D eigenvalue weighted by molar-refractivity contribution is 7.14. The molecule has 5 heteroatoms. The van der Waals surface area contributed by atoms with E-state index in [-0.39, 0.29) is 5.91 Å². The molecule has 1 heterocycles. The van der Waals surface area contributed by atoms with Crippen LogP contribution in [0.15, 0.2) is 18.2 Å². The fraction of sp³-hybridized carbons (Fsp3) is 0.429. The summed E-state index contributed by atoms with van der Waals surface area (Å²) in [5, 5.41) is 11.6. The van der Waals surface area contributed by atoms with Crippen molar-refractivity contribution in [3.63, 3.8) is 0 Å². The van der Waals surface area contributed by atoms with E-state index in [0.29, 0.717) is 16.8 Å². The van der Waals surface area contributed by atoms with E-state index < -0.39 is 5.97 Å². The molecule has 102 valence electrons. The number of nitrogens with one attached hydrogen (secondary N) is 1. The van der Waals surface area contributed by atoms with Crippen LogP contribution in [-0.2, 0) is 4.79 Å². The third-order valence-electron chi connectivity index (χ3n) is 3.14. The lowest BCUT2D eigenvalue weighted by Crippen LogP contribution is -2.25. The maximum absolute atomic E-state index is 12.0. The van der Waals surface area contributed by atoms with Gasteiger partial charge in [-0.3, -0.25) is 4.79 Å². The van der Waals surface area contributed by atoms with Gasteiger partial charge in [0.05, 0.1) is 4.88 Å². The zero-order chi connectivity index (χ0) is 13.8. The first-order valence-corrected chi connectivity index (χ1v) is 7.23. The molecule has 2 N–H and O–H groups in total. The van der Waals surface area contributed by atoms with Gasteiger partial charge in [0.1, 0.15) is 0 Å². The minimum Gasteiger partial charge on any atom is -0.478 e. The van der Waals surface area contributed by atoms with E-state index in [9.17, 15) is 9.59 Å². The van der Waals surface area contributed by atoms with Crippen molar-refractivity contribution < 1.29 is 14.7 Å². The van der Waals surface area contributed by atoms with Gasteiger partial charge in [-0.2, -0.15) is 0 Å². The van der Waals surface area contributed by atoms with Crippen LogP contribution in [0.25, 0.3) is 6.08 Å². The topological polar surface area (TPSA) is 66.4 Å². The second kappa shape index (κ2) is 6.02. The molecule has 0 aliphatic heterocycles. The van der Waals surface area contributed by atoms with Crippen molar-refractivity contribution in [2.45, 2.75) is 32.2 Å². The van der Waals surface area contributed by atoms with E-state index in [0.717, 1.165) is 23.8 Å². The molecule has 1 saturated carbocycles. The number of carbonyl (C=O) groups is 2. The van der Waals surface area contributed by atoms with Crippen LogP contribution >= 0.6 is 11.3 Å². The van der Waals surface area contributed by atoms with Gasteiger partial charge in [-0.05, 0) is 37.0 Å². The van der Waals surface area contributed by atoms with E-state index >= 15 is 0 Å². The summed E-state index contributed by atoms with van der Waals surface area (Å²) in [5.41, 5.74) is 0. The van der Waals surface area contributed by atoms with Gasteiger partial charge in [0.2, 0.25) is 0 Å². The molecule has 1 amide bonds. The van der Waals surface area contributed by atoms with Crippen molar-refractivity contribution in [1.82, 2.24) is 5.32 Å². The molecule has 2 atom stereocenters. The van der Waals surface area contributed by atoms with Gasteiger partial charge in [0, 0.05) is 17.0 Å².